The number of aromatic nitrogens is 1. The number of piperidine rings is 1. The van der Waals surface area contributed by atoms with Crippen LogP contribution in [0.5, 0.6) is 11.5 Å². The average molecular weight is 439 g/mol. The van der Waals surface area contributed by atoms with Crippen molar-refractivity contribution in [3.8, 4) is 23.0 Å². The Labute approximate surface area is 188 Å². The standard InChI is InChI=1S/C25H30N2O5/c1-25(2,3)32-24(28)27-13-11-17(12-14-27)16-30-19-7-5-18(6-8-19)23-26-21-15-20(29-4)9-10-22(21)31-23/h5-10,15,17H,11-14,16H2,1-4H3. The molecule has 7 heteroatoms. The van der Waals surface area contributed by atoms with Crippen molar-refractivity contribution in [3.63, 3.8) is 0 Å². The van der Waals surface area contributed by atoms with Gasteiger partial charge in [-0.1, -0.05) is 0 Å². The van der Waals surface area contributed by atoms with E-state index in [9.17, 15) is 4.79 Å². The predicted octanol–water partition coefficient (Wildman–Crippen LogP) is 5.53. The Hall–Kier alpha value is -3.22. The van der Waals surface area contributed by atoms with Crippen LogP contribution in [0, 0.1) is 5.92 Å². The van der Waals surface area contributed by atoms with Gasteiger partial charge >= 0.3 is 6.09 Å². The van der Waals surface area contributed by atoms with E-state index in [0.29, 0.717) is 31.5 Å². The van der Waals surface area contributed by atoms with Gasteiger partial charge in [-0.3, -0.25) is 0 Å². The summed E-state index contributed by atoms with van der Waals surface area (Å²) in [7, 11) is 1.63. The zero-order chi connectivity index (χ0) is 22.7. The molecule has 2 aromatic carbocycles. The largest absolute Gasteiger partial charge is 0.497 e. The molecule has 1 fully saturated rings. The van der Waals surface area contributed by atoms with Gasteiger partial charge in [0.2, 0.25) is 5.89 Å². The summed E-state index contributed by atoms with van der Waals surface area (Å²) in [5, 5.41) is 0. The number of nitrogens with zero attached hydrogens (tertiary/aromatic N) is 2. The van der Waals surface area contributed by atoms with E-state index in [1.54, 1.807) is 12.0 Å². The summed E-state index contributed by atoms with van der Waals surface area (Å²) in [5.41, 5.74) is 1.91. The summed E-state index contributed by atoms with van der Waals surface area (Å²) in [6.07, 6.45) is 1.58. The molecule has 1 aromatic heterocycles. The van der Waals surface area contributed by atoms with Crippen LogP contribution in [0.1, 0.15) is 33.6 Å². The van der Waals surface area contributed by atoms with Crippen molar-refractivity contribution < 1.29 is 23.4 Å². The van der Waals surface area contributed by atoms with E-state index >= 15 is 0 Å². The number of amides is 1. The van der Waals surface area contributed by atoms with E-state index in [-0.39, 0.29) is 6.09 Å². The number of methoxy groups -OCH3 is 1. The maximum absolute atomic E-state index is 12.2. The first-order valence-electron chi connectivity index (χ1n) is 11.0. The fourth-order valence-corrected chi connectivity index (χ4v) is 3.67. The van der Waals surface area contributed by atoms with Gasteiger partial charge in [0, 0.05) is 24.7 Å². The molecule has 32 heavy (non-hydrogen) atoms. The van der Waals surface area contributed by atoms with Gasteiger partial charge < -0.3 is 23.5 Å². The fourth-order valence-electron chi connectivity index (χ4n) is 3.67. The van der Waals surface area contributed by atoms with Crippen LogP contribution in [0.3, 0.4) is 0 Å². The first-order valence-corrected chi connectivity index (χ1v) is 11.0. The smallest absolute Gasteiger partial charge is 0.410 e. The number of oxazole rings is 1. The lowest BCUT2D eigenvalue weighted by molar-refractivity contribution is 0.0165. The lowest BCUT2D eigenvalue weighted by atomic mass is 9.98. The molecule has 0 bridgehead atoms. The number of hydrogen-bond acceptors (Lipinski definition) is 6. The molecule has 0 aliphatic carbocycles. The number of likely N-dealkylation sites (tertiary alicyclic amines) is 1. The van der Waals surface area contributed by atoms with Gasteiger partial charge in [-0.05, 0) is 75.9 Å². The van der Waals surface area contributed by atoms with Crippen molar-refractivity contribution in [1.82, 2.24) is 9.88 Å². The monoisotopic (exact) mass is 438 g/mol. The molecule has 0 unspecified atom stereocenters. The van der Waals surface area contributed by atoms with Crippen LogP contribution in [0.15, 0.2) is 46.9 Å². The second kappa shape index (κ2) is 9.10. The average Bonchev–Trinajstić information content (AvgIpc) is 3.20. The second-order valence-corrected chi connectivity index (χ2v) is 9.10. The van der Waals surface area contributed by atoms with Gasteiger partial charge in [0.1, 0.15) is 22.6 Å². The van der Waals surface area contributed by atoms with Gasteiger partial charge in [-0.25, -0.2) is 9.78 Å². The highest BCUT2D eigenvalue weighted by molar-refractivity contribution is 5.77. The van der Waals surface area contributed by atoms with Crippen molar-refractivity contribution in [3.05, 3.63) is 42.5 Å². The number of benzene rings is 2. The van der Waals surface area contributed by atoms with Crippen molar-refractivity contribution in [1.29, 1.82) is 0 Å². The molecule has 170 valence electrons. The van der Waals surface area contributed by atoms with E-state index in [0.717, 1.165) is 41.0 Å². The minimum atomic E-state index is -0.464. The summed E-state index contributed by atoms with van der Waals surface area (Å²) in [5.74, 6) is 2.54. The number of hydrogen-bond donors (Lipinski definition) is 0. The number of carbonyl (C=O) groups excluding carboxylic acids is 1. The third kappa shape index (κ3) is 5.33. The Morgan fingerprint density at radius 3 is 2.44 bits per heavy atom. The third-order valence-electron chi connectivity index (χ3n) is 5.45. The van der Waals surface area contributed by atoms with Crippen molar-refractivity contribution >= 4 is 17.2 Å². The van der Waals surface area contributed by atoms with Gasteiger partial charge in [0.15, 0.2) is 5.58 Å². The molecule has 0 radical (unpaired) electrons. The fraction of sp³-hybridized carbons (Fsp3) is 0.440. The van der Waals surface area contributed by atoms with Crippen LogP contribution < -0.4 is 9.47 Å². The summed E-state index contributed by atoms with van der Waals surface area (Å²) in [4.78, 5) is 18.5. The normalized spacial score (nSPS) is 15.1. The first-order chi connectivity index (χ1) is 15.3. The Morgan fingerprint density at radius 2 is 1.78 bits per heavy atom. The Balaban J connectivity index is 1.29. The van der Waals surface area contributed by atoms with Gasteiger partial charge in [0.05, 0.1) is 13.7 Å². The maximum atomic E-state index is 12.2. The molecule has 2 heterocycles. The molecular formula is C25H30N2O5. The first kappa shape index (κ1) is 22.0. The van der Waals surface area contributed by atoms with E-state index in [1.165, 1.54) is 0 Å². The van der Waals surface area contributed by atoms with Crippen LogP contribution in [-0.4, -0.2) is 48.4 Å². The molecule has 0 saturated carbocycles. The minimum Gasteiger partial charge on any atom is -0.497 e. The zero-order valence-corrected chi connectivity index (χ0v) is 19.1. The van der Waals surface area contributed by atoms with E-state index in [2.05, 4.69) is 4.98 Å². The molecule has 4 rings (SSSR count). The predicted molar refractivity (Wildman–Crippen MR) is 122 cm³/mol. The Bertz CT molecular complexity index is 1060. The van der Waals surface area contributed by atoms with E-state index < -0.39 is 5.60 Å². The lowest BCUT2D eigenvalue weighted by Crippen LogP contribution is -2.42. The zero-order valence-electron chi connectivity index (χ0n) is 19.1. The molecular weight excluding hydrogens is 408 g/mol. The van der Waals surface area contributed by atoms with Gasteiger partial charge in [-0.2, -0.15) is 0 Å². The topological polar surface area (TPSA) is 74.0 Å². The molecule has 1 saturated heterocycles. The number of ether oxygens (including phenoxy) is 3. The third-order valence-corrected chi connectivity index (χ3v) is 5.45. The number of rotatable bonds is 5. The van der Waals surface area contributed by atoms with Crippen LogP contribution in [0.2, 0.25) is 0 Å². The van der Waals surface area contributed by atoms with Gasteiger partial charge in [0.25, 0.3) is 0 Å². The van der Waals surface area contributed by atoms with Crippen LogP contribution >= 0.6 is 0 Å². The van der Waals surface area contributed by atoms with Crippen LogP contribution in [0.4, 0.5) is 4.79 Å². The highest BCUT2D eigenvalue weighted by Gasteiger charge is 2.27. The van der Waals surface area contributed by atoms with Crippen molar-refractivity contribution in [2.24, 2.45) is 5.92 Å². The van der Waals surface area contributed by atoms with E-state index in [1.807, 2.05) is 63.2 Å². The second-order valence-electron chi connectivity index (χ2n) is 9.10. The molecule has 0 atom stereocenters. The number of fused-ring (bicyclic) bond motifs is 1. The SMILES string of the molecule is COc1ccc2oc(-c3ccc(OCC4CCN(C(=O)OC(C)(C)C)CC4)cc3)nc2c1. The summed E-state index contributed by atoms with van der Waals surface area (Å²) >= 11 is 0. The molecule has 1 amide bonds. The highest BCUT2D eigenvalue weighted by Crippen LogP contribution is 2.28. The Kier molecular flexibility index (Phi) is 6.26. The van der Waals surface area contributed by atoms with Crippen molar-refractivity contribution in [2.75, 3.05) is 26.8 Å². The summed E-state index contributed by atoms with van der Waals surface area (Å²) in [6, 6.07) is 13.3. The van der Waals surface area contributed by atoms with Crippen molar-refractivity contribution in [2.45, 2.75) is 39.2 Å². The quantitative estimate of drug-likeness (QED) is 0.521. The van der Waals surface area contributed by atoms with Crippen LogP contribution in [0.25, 0.3) is 22.6 Å². The number of carbonyl (C=O) groups is 1. The lowest BCUT2D eigenvalue weighted by Gasteiger charge is -2.33. The maximum Gasteiger partial charge on any atom is 0.410 e. The summed E-state index contributed by atoms with van der Waals surface area (Å²) < 4.78 is 22.6. The molecule has 0 spiro atoms. The molecule has 1 aliphatic heterocycles. The Morgan fingerprint density at radius 1 is 1.09 bits per heavy atom. The molecule has 0 N–H and O–H groups in total. The van der Waals surface area contributed by atoms with E-state index in [4.69, 9.17) is 18.6 Å². The molecule has 3 aromatic rings. The molecule has 1 aliphatic rings. The minimum absolute atomic E-state index is 0.231. The highest BCUT2D eigenvalue weighted by atomic mass is 16.6. The van der Waals surface area contributed by atoms with Gasteiger partial charge in [-0.15, -0.1) is 0 Å². The van der Waals surface area contributed by atoms with Crippen LogP contribution in [-0.2, 0) is 4.74 Å². The molecule has 7 nitrogen and oxygen atoms in total. The summed E-state index contributed by atoms with van der Waals surface area (Å²) in [6.45, 7) is 7.69.